The number of rotatable bonds is 5. The molecule has 1 aliphatic heterocycles. The number of nitrogens with zero attached hydrogens (tertiary/aromatic N) is 1. The number of benzene rings is 2. The van der Waals surface area contributed by atoms with Crippen molar-refractivity contribution in [3.63, 3.8) is 0 Å². The Bertz CT molecular complexity index is 799. The number of carbonyl (C=O) groups excluding carboxylic acids is 2. The molecule has 0 aromatic heterocycles. The molecule has 0 bridgehead atoms. The molecule has 2 amide bonds. The number of nitrogens with one attached hydrogen (secondary N) is 1. The van der Waals surface area contributed by atoms with Crippen molar-refractivity contribution in [1.29, 1.82) is 0 Å². The van der Waals surface area contributed by atoms with Crippen molar-refractivity contribution >= 4 is 27.7 Å². The van der Waals surface area contributed by atoms with E-state index in [2.05, 4.69) is 21.2 Å². The van der Waals surface area contributed by atoms with E-state index in [1.807, 2.05) is 49.4 Å². The number of amides is 2. The average Bonchev–Trinajstić information content (AvgIpc) is 2.68. The smallest absolute Gasteiger partial charge is 0.260 e. The van der Waals surface area contributed by atoms with Crippen LogP contribution in [0.1, 0.15) is 28.8 Å². The van der Waals surface area contributed by atoms with Gasteiger partial charge in [-0.1, -0.05) is 29.8 Å². The SMILES string of the molecule is Cc1ccc(OCC(=O)N2CCC(NC(=O)c3ccccc3Br)CC2)cc1. The topological polar surface area (TPSA) is 58.6 Å². The molecular weight excluding hydrogens is 408 g/mol. The first-order valence-electron chi connectivity index (χ1n) is 9.05. The third kappa shape index (κ3) is 5.32. The fourth-order valence-electron chi connectivity index (χ4n) is 3.05. The van der Waals surface area contributed by atoms with Crippen molar-refractivity contribution in [2.24, 2.45) is 0 Å². The predicted octanol–water partition coefficient (Wildman–Crippen LogP) is 3.56. The summed E-state index contributed by atoms with van der Waals surface area (Å²) in [5.41, 5.74) is 1.78. The van der Waals surface area contributed by atoms with Gasteiger partial charge in [-0.15, -0.1) is 0 Å². The molecule has 27 heavy (non-hydrogen) atoms. The van der Waals surface area contributed by atoms with Crippen LogP contribution in [0.5, 0.6) is 5.75 Å². The first kappa shape index (κ1) is 19.4. The molecule has 1 aliphatic rings. The molecular formula is C21H23BrN2O3. The Morgan fingerprint density at radius 2 is 1.78 bits per heavy atom. The van der Waals surface area contributed by atoms with Crippen molar-refractivity contribution in [2.75, 3.05) is 19.7 Å². The lowest BCUT2D eigenvalue weighted by atomic mass is 10.0. The highest BCUT2D eigenvalue weighted by molar-refractivity contribution is 9.10. The highest BCUT2D eigenvalue weighted by Gasteiger charge is 2.24. The van der Waals surface area contributed by atoms with Gasteiger partial charge in [0, 0.05) is 23.6 Å². The summed E-state index contributed by atoms with van der Waals surface area (Å²) in [6, 6.07) is 15.1. The number of carbonyl (C=O) groups is 2. The summed E-state index contributed by atoms with van der Waals surface area (Å²) in [6.45, 7) is 3.29. The van der Waals surface area contributed by atoms with E-state index < -0.39 is 0 Å². The maximum absolute atomic E-state index is 12.4. The molecule has 0 spiro atoms. The van der Waals surface area contributed by atoms with Gasteiger partial charge < -0.3 is 15.0 Å². The molecule has 5 nitrogen and oxygen atoms in total. The fourth-order valence-corrected chi connectivity index (χ4v) is 3.52. The van der Waals surface area contributed by atoms with Crippen LogP contribution in [0.4, 0.5) is 0 Å². The first-order chi connectivity index (χ1) is 13.0. The number of ether oxygens (including phenoxy) is 1. The molecule has 0 aliphatic carbocycles. The first-order valence-corrected chi connectivity index (χ1v) is 9.85. The van der Waals surface area contributed by atoms with Gasteiger partial charge in [-0.3, -0.25) is 9.59 Å². The van der Waals surface area contributed by atoms with Gasteiger partial charge in [0.15, 0.2) is 6.61 Å². The van der Waals surface area contributed by atoms with E-state index in [0.717, 1.165) is 22.9 Å². The Morgan fingerprint density at radius 1 is 1.11 bits per heavy atom. The summed E-state index contributed by atoms with van der Waals surface area (Å²) in [5.74, 6) is 0.589. The number of piperidine rings is 1. The quantitative estimate of drug-likeness (QED) is 0.788. The highest BCUT2D eigenvalue weighted by atomic mass is 79.9. The average molecular weight is 431 g/mol. The van der Waals surface area contributed by atoms with Crippen LogP contribution in [0, 0.1) is 6.92 Å². The molecule has 0 unspecified atom stereocenters. The van der Waals surface area contributed by atoms with Crippen LogP contribution in [0.2, 0.25) is 0 Å². The van der Waals surface area contributed by atoms with Crippen LogP contribution in [-0.4, -0.2) is 42.5 Å². The number of hydrogen-bond acceptors (Lipinski definition) is 3. The van der Waals surface area contributed by atoms with Crippen molar-refractivity contribution in [3.8, 4) is 5.75 Å². The van der Waals surface area contributed by atoms with Gasteiger partial charge in [0.05, 0.1) is 5.56 Å². The minimum Gasteiger partial charge on any atom is -0.484 e. The van der Waals surface area contributed by atoms with Crippen LogP contribution in [-0.2, 0) is 4.79 Å². The molecule has 3 rings (SSSR count). The monoisotopic (exact) mass is 430 g/mol. The zero-order valence-electron chi connectivity index (χ0n) is 15.3. The maximum atomic E-state index is 12.4. The molecule has 0 saturated carbocycles. The summed E-state index contributed by atoms with van der Waals surface area (Å²) < 4.78 is 6.35. The molecule has 6 heteroatoms. The molecule has 142 valence electrons. The summed E-state index contributed by atoms with van der Waals surface area (Å²) in [5, 5.41) is 3.06. The predicted molar refractivity (Wildman–Crippen MR) is 108 cm³/mol. The molecule has 1 saturated heterocycles. The Hall–Kier alpha value is -2.34. The van der Waals surface area contributed by atoms with Crippen molar-refractivity contribution in [3.05, 3.63) is 64.1 Å². The Labute approximate surface area is 167 Å². The summed E-state index contributed by atoms with van der Waals surface area (Å²) in [4.78, 5) is 26.5. The standard InChI is InChI=1S/C21H23BrN2O3/c1-15-6-8-17(9-7-15)27-14-20(25)24-12-10-16(11-13-24)23-21(26)18-4-2-3-5-19(18)22/h2-9,16H,10-14H2,1H3,(H,23,26). The van der Waals surface area contributed by atoms with E-state index >= 15 is 0 Å². The molecule has 2 aromatic rings. The van der Waals surface area contributed by atoms with Crippen molar-refractivity contribution < 1.29 is 14.3 Å². The fraction of sp³-hybridized carbons (Fsp3) is 0.333. The van der Waals surface area contributed by atoms with Gasteiger partial charge in [0.2, 0.25) is 0 Å². The van der Waals surface area contributed by atoms with Crippen molar-refractivity contribution in [1.82, 2.24) is 10.2 Å². The van der Waals surface area contributed by atoms with Crippen LogP contribution >= 0.6 is 15.9 Å². The third-order valence-electron chi connectivity index (χ3n) is 4.68. The van der Waals surface area contributed by atoms with Crippen molar-refractivity contribution in [2.45, 2.75) is 25.8 Å². The molecule has 1 heterocycles. The van der Waals surface area contributed by atoms with E-state index in [4.69, 9.17) is 4.74 Å². The second-order valence-electron chi connectivity index (χ2n) is 6.71. The van der Waals surface area contributed by atoms with Crippen LogP contribution in [0.3, 0.4) is 0 Å². The Kier molecular flexibility index (Phi) is 6.50. The lowest BCUT2D eigenvalue weighted by molar-refractivity contribution is -0.134. The van der Waals surface area contributed by atoms with E-state index in [9.17, 15) is 9.59 Å². The van der Waals surface area contributed by atoms with Crippen LogP contribution in [0.15, 0.2) is 53.0 Å². The largest absolute Gasteiger partial charge is 0.484 e. The maximum Gasteiger partial charge on any atom is 0.260 e. The zero-order chi connectivity index (χ0) is 19.2. The minimum atomic E-state index is -0.0880. The zero-order valence-corrected chi connectivity index (χ0v) is 16.9. The van der Waals surface area contributed by atoms with Crippen LogP contribution in [0.25, 0.3) is 0 Å². The van der Waals surface area contributed by atoms with Crippen LogP contribution < -0.4 is 10.1 Å². The molecule has 0 atom stereocenters. The van der Waals surface area contributed by atoms with Gasteiger partial charge >= 0.3 is 0 Å². The van der Waals surface area contributed by atoms with Gasteiger partial charge in [0.25, 0.3) is 11.8 Å². The lowest BCUT2D eigenvalue weighted by Crippen LogP contribution is -2.47. The molecule has 1 N–H and O–H groups in total. The van der Waals surface area contributed by atoms with E-state index in [1.165, 1.54) is 0 Å². The normalized spacial score (nSPS) is 14.7. The van der Waals surface area contributed by atoms with E-state index in [-0.39, 0.29) is 24.5 Å². The second-order valence-corrected chi connectivity index (χ2v) is 7.56. The van der Waals surface area contributed by atoms with Gasteiger partial charge in [-0.2, -0.15) is 0 Å². The number of halogens is 1. The molecule has 1 fully saturated rings. The molecule has 0 radical (unpaired) electrons. The number of likely N-dealkylation sites (tertiary alicyclic amines) is 1. The van der Waals surface area contributed by atoms with Gasteiger partial charge in [0.1, 0.15) is 5.75 Å². The highest BCUT2D eigenvalue weighted by Crippen LogP contribution is 2.18. The van der Waals surface area contributed by atoms with Gasteiger partial charge in [-0.05, 0) is 60.0 Å². The third-order valence-corrected chi connectivity index (χ3v) is 5.38. The van der Waals surface area contributed by atoms with Gasteiger partial charge in [-0.25, -0.2) is 0 Å². The Balaban J connectivity index is 1.44. The number of aryl methyl sites for hydroxylation is 1. The minimum absolute atomic E-state index is 0.0221. The lowest BCUT2D eigenvalue weighted by Gasteiger charge is -2.32. The number of hydrogen-bond donors (Lipinski definition) is 1. The summed E-state index contributed by atoms with van der Waals surface area (Å²) >= 11 is 3.40. The second kappa shape index (κ2) is 9.04. The summed E-state index contributed by atoms with van der Waals surface area (Å²) in [7, 11) is 0. The van der Waals surface area contributed by atoms with E-state index in [1.54, 1.807) is 11.0 Å². The van der Waals surface area contributed by atoms with E-state index in [0.29, 0.717) is 24.4 Å². The molecule has 2 aromatic carbocycles. The summed E-state index contributed by atoms with van der Waals surface area (Å²) in [6.07, 6.45) is 1.49. The Morgan fingerprint density at radius 3 is 2.44 bits per heavy atom.